The molecule has 2 amide bonds. The smallest absolute Gasteiger partial charge is 0.327 e. The van der Waals surface area contributed by atoms with Crippen molar-refractivity contribution in [2.75, 3.05) is 12.3 Å². The van der Waals surface area contributed by atoms with E-state index in [1.54, 1.807) is 0 Å². The predicted molar refractivity (Wildman–Crippen MR) is 52.1 cm³/mol. The van der Waals surface area contributed by atoms with Crippen LogP contribution in [0.5, 0.6) is 0 Å². The van der Waals surface area contributed by atoms with Crippen LogP contribution in [0, 0.1) is 0 Å². The molecule has 1 unspecified atom stereocenters. The molecular weight excluding hydrogens is 208 g/mol. The van der Waals surface area contributed by atoms with Crippen molar-refractivity contribution in [3.63, 3.8) is 0 Å². The first-order valence-electron chi connectivity index (χ1n) is 3.84. The van der Waals surface area contributed by atoms with E-state index in [1.165, 1.54) is 6.92 Å². The molecule has 0 aliphatic heterocycles. The summed E-state index contributed by atoms with van der Waals surface area (Å²) in [5.74, 6) is -2.06. The molecule has 0 aromatic carbocycles. The van der Waals surface area contributed by atoms with Gasteiger partial charge in [-0.25, -0.2) is 4.79 Å². The highest BCUT2D eigenvalue weighted by atomic mass is 32.1. The first-order valence-corrected chi connectivity index (χ1v) is 4.48. The molecule has 0 aliphatic rings. The van der Waals surface area contributed by atoms with Gasteiger partial charge in [0.2, 0.25) is 11.8 Å². The highest BCUT2D eigenvalue weighted by molar-refractivity contribution is 7.80. The third-order valence-electron chi connectivity index (χ3n) is 1.31. The van der Waals surface area contributed by atoms with E-state index >= 15 is 0 Å². The maximum atomic E-state index is 11.0. The molecule has 0 rings (SSSR count). The minimum atomic E-state index is -1.16. The molecule has 0 radical (unpaired) electrons. The fraction of sp³-hybridized carbons (Fsp3) is 0.571. The van der Waals surface area contributed by atoms with Crippen molar-refractivity contribution in [3.8, 4) is 0 Å². The summed E-state index contributed by atoms with van der Waals surface area (Å²) >= 11 is 3.76. The SMILES string of the molecule is CC(=O)NCC(=O)NC(CS)C(=O)O. The average molecular weight is 220 g/mol. The topological polar surface area (TPSA) is 95.5 Å². The number of amides is 2. The van der Waals surface area contributed by atoms with Gasteiger partial charge in [-0.15, -0.1) is 0 Å². The second kappa shape index (κ2) is 6.25. The van der Waals surface area contributed by atoms with Gasteiger partial charge < -0.3 is 15.7 Å². The summed E-state index contributed by atoms with van der Waals surface area (Å²) in [7, 11) is 0. The van der Waals surface area contributed by atoms with Gasteiger partial charge in [-0.1, -0.05) is 0 Å². The van der Waals surface area contributed by atoms with E-state index in [0.717, 1.165) is 0 Å². The third-order valence-corrected chi connectivity index (χ3v) is 1.68. The molecule has 0 heterocycles. The second-order valence-corrected chi connectivity index (χ2v) is 2.92. The molecule has 0 spiro atoms. The Balaban J connectivity index is 3.91. The van der Waals surface area contributed by atoms with E-state index in [0.29, 0.717) is 0 Å². The Labute approximate surface area is 86.5 Å². The number of hydrogen-bond donors (Lipinski definition) is 4. The molecule has 0 saturated heterocycles. The molecule has 80 valence electrons. The van der Waals surface area contributed by atoms with Gasteiger partial charge in [0.1, 0.15) is 6.04 Å². The lowest BCUT2D eigenvalue weighted by molar-refractivity contribution is -0.141. The first-order chi connectivity index (χ1) is 6.47. The number of carboxylic acids is 1. The zero-order valence-corrected chi connectivity index (χ0v) is 8.51. The van der Waals surface area contributed by atoms with Crippen LogP contribution in [0.3, 0.4) is 0 Å². The Bertz CT molecular complexity index is 244. The van der Waals surface area contributed by atoms with Crippen molar-refractivity contribution >= 4 is 30.4 Å². The Kier molecular flexibility index (Phi) is 5.70. The second-order valence-electron chi connectivity index (χ2n) is 2.55. The fourth-order valence-corrected chi connectivity index (χ4v) is 0.883. The fourth-order valence-electron chi connectivity index (χ4n) is 0.636. The van der Waals surface area contributed by atoms with Gasteiger partial charge in [0, 0.05) is 12.7 Å². The molecule has 0 fully saturated rings. The molecule has 3 N–H and O–H groups in total. The molecule has 7 heteroatoms. The minimum absolute atomic E-state index is 0.00114. The van der Waals surface area contributed by atoms with Gasteiger partial charge in [0.05, 0.1) is 6.54 Å². The molecular formula is C7H12N2O4S. The molecule has 0 aromatic rings. The van der Waals surface area contributed by atoms with Crippen molar-refractivity contribution in [1.29, 1.82) is 0 Å². The molecule has 0 aromatic heterocycles. The quantitative estimate of drug-likeness (QED) is 0.429. The number of hydrogen-bond acceptors (Lipinski definition) is 4. The summed E-state index contributed by atoms with van der Waals surface area (Å²) in [6, 6.07) is -1.03. The van der Waals surface area contributed by atoms with E-state index in [1.807, 2.05) is 0 Å². The summed E-state index contributed by atoms with van der Waals surface area (Å²) < 4.78 is 0. The number of carboxylic acid groups (broad SMARTS) is 1. The Morgan fingerprint density at radius 3 is 2.36 bits per heavy atom. The average Bonchev–Trinajstić information content (AvgIpc) is 2.10. The number of carbonyl (C=O) groups excluding carboxylic acids is 2. The van der Waals surface area contributed by atoms with Crippen molar-refractivity contribution in [2.45, 2.75) is 13.0 Å². The summed E-state index contributed by atoms with van der Waals surface area (Å²) in [4.78, 5) is 31.9. The van der Waals surface area contributed by atoms with Gasteiger partial charge in [-0.05, 0) is 0 Å². The van der Waals surface area contributed by atoms with Crippen LogP contribution in [0.4, 0.5) is 0 Å². The molecule has 0 aliphatic carbocycles. The maximum Gasteiger partial charge on any atom is 0.327 e. The highest BCUT2D eigenvalue weighted by Gasteiger charge is 2.17. The van der Waals surface area contributed by atoms with Gasteiger partial charge in [0.25, 0.3) is 0 Å². The molecule has 0 saturated carbocycles. The summed E-state index contributed by atoms with van der Waals surface area (Å²) in [6.45, 7) is 1.04. The summed E-state index contributed by atoms with van der Waals surface area (Å²) in [5, 5.41) is 13.0. The normalized spacial score (nSPS) is 11.6. The van der Waals surface area contributed by atoms with E-state index in [2.05, 4.69) is 23.3 Å². The largest absolute Gasteiger partial charge is 0.480 e. The summed E-state index contributed by atoms with van der Waals surface area (Å²) in [5.41, 5.74) is 0. The third kappa shape index (κ3) is 5.41. The maximum absolute atomic E-state index is 11.0. The number of thiol groups is 1. The van der Waals surface area contributed by atoms with Crippen molar-refractivity contribution in [2.24, 2.45) is 0 Å². The minimum Gasteiger partial charge on any atom is -0.480 e. The van der Waals surface area contributed by atoms with Gasteiger partial charge in [0.15, 0.2) is 0 Å². The van der Waals surface area contributed by atoms with Crippen LogP contribution in [0.1, 0.15) is 6.92 Å². The van der Waals surface area contributed by atoms with Crippen LogP contribution in [0.2, 0.25) is 0 Å². The van der Waals surface area contributed by atoms with Gasteiger partial charge in [-0.2, -0.15) is 12.6 Å². The predicted octanol–water partition coefficient (Wildman–Crippen LogP) is -1.38. The lowest BCUT2D eigenvalue weighted by atomic mass is 10.3. The van der Waals surface area contributed by atoms with Crippen molar-refractivity contribution in [1.82, 2.24) is 10.6 Å². The standard InChI is InChI=1S/C7H12N2O4S/c1-4(10)8-2-6(11)9-5(3-14)7(12)13/h5,14H,2-3H2,1H3,(H,8,10)(H,9,11)(H,12,13). The van der Waals surface area contributed by atoms with E-state index < -0.39 is 17.9 Å². The van der Waals surface area contributed by atoms with Crippen LogP contribution < -0.4 is 10.6 Å². The zero-order chi connectivity index (χ0) is 11.1. The molecule has 1 atom stereocenters. The Morgan fingerprint density at radius 2 is 2.00 bits per heavy atom. The van der Waals surface area contributed by atoms with E-state index in [9.17, 15) is 14.4 Å². The van der Waals surface area contributed by atoms with Crippen LogP contribution in [0.25, 0.3) is 0 Å². The monoisotopic (exact) mass is 220 g/mol. The van der Waals surface area contributed by atoms with Crippen LogP contribution >= 0.6 is 12.6 Å². The van der Waals surface area contributed by atoms with Gasteiger partial charge in [-0.3, -0.25) is 9.59 Å². The summed E-state index contributed by atoms with van der Waals surface area (Å²) in [6.07, 6.45) is 0. The lowest BCUT2D eigenvalue weighted by Gasteiger charge is -2.11. The number of rotatable bonds is 5. The molecule has 6 nitrogen and oxygen atoms in total. The van der Waals surface area contributed by atoms with Crippen LogP contribution in [-0.4, -0.2) is 41.2 Å². The number of carbonyl (C=O) groups is 3. The number of nitrogens with one attached hydrogen (secondary N) is 2. The Morgan fingerprint density at radius 1 is 1.43 bits per heavy atom. The first kappa shape index (κ1) is 12.8. The van der Waals surface area contributed by atoms with Crippen LogP contribution in [0.15, 0.2) is 0 Å². The van der Waals surface area contributed by atoms with Crippen molar-refractivity contribution in [3.05, 3.63) is 0 Å². The van der Waals surface area contributed by atoms with Crippen LogP contribution in [-0.2, 0) is 14.4 Å². The molecule has 14 heavy (non-hydrogen) atoms. The highest BCUT2D eigenvalue weighted by Crippen LogP contribution is 1.87. The molecule has 0 bridgehead atoms. The van der Waals surface area contributed by atoms with Crippen molar-refractivity contribution < 1.29 is 19.5 Å². The number of aliphatic carboxylic acids is 1. The van der Waals surface area contributed by atoms with Gasteiger partial charge >= 0.3 is 5.97 Å². The zero-order valence-electron chi connectivity index (χ0n) is 7.61. The Hall–Kier alpha value is -1.24. The van der Waals surface area contributed by atoms with E-state index in [-0.39, 0.29) is 18.2 Å². The van der Waals surface area contributed by atoms with E-state index in [4.69, 9.17) is 5.11 Å². The lowest BCUT2D eigenvalue weighted by Crippen LogP contribution is -2.46.